The summed E-state index contributed by atoms with van der Waals surface area (Å²) in [5.74, 6) is -4.76. The minimum absolute atomic E-state index is 0.125. The van der Waals surface area contributed by atoms with Crippen LogP contribution in [0.2, 0.25) is 0 Å². The van der Waals surface area contributed by atoms with Crippen molar-refractivity contribution in [3.8, 4) is 0 Å². The maximum atomic E-state index is 12.1. The van der Waals surface area contributed by atoms with Crippen molar-refractivity contribution >= 4 is 41.5 Å². The van der Waals surface area contributed by atoms with Gasteiger partial charge in [0.2, 0.25) is 5.91 Å². The highest BCUT2D eigenvalue weighted by Gasteiger charge is 2.38. The number of thioether (sulfide) groups is 1. The molecule has 2 amide bonds. The molecule has 0 fully saturated rings. The van der Waals surface area contributed by atoms with Gasteiger partial charge in [-0.1, -0.05) is 12.8 Å². The molecule has 0 aromatic rings. The smallest absolute Gasteiger partial charge is 0.466 e. The molecule has 0 radical (unpaired) electrons. The molecule has 2 atom stereocenters. The molecule has 0 aliphatic heterocycles. The van der Waals surface area contributed by atoms with Gasteiger partial charge < -0.3 is 30.0 Å². The van der Waals surface area contributed by atoms with E-state index in [0.717, 1.165) is 32.5 Å². The minimum Gasteiger partial charge on any atom is -0.466 e. The van der Waals surface area contributed by atoms with E-state index in [0.29, 0.717) is 31.4 Å². The fourth-order valence-electron chi connectivity index (χ4n) is 2.80. The Morgan fingerprint density at radius 2 is 1.54 bits per heavy atom. The summed E-state index contributed by atoms with van der Waals surface area (Å²) in [6.07, 6.45) is -4.37. The third kappa shape index (κ3) is 16.5. The van der Waals surface area contributed by atoms with Crippen LogP contribution in [0.4, 0.5) is 13.2 Å². The molecule has 37 heavy (non-hydrogen) atoms. The molecule has 3 N–H and O–H groups in total. The van der Waals surface area contributed by atoms with Gasteiger partial charge in [-0.15, -0.1) is 11.8 Å². The average Bonchev–Trinajstić information content (AvgIpc) is 2.75. The van der Waals surface area contributed by atoms with Gasteiger partial charge in [0.05, 0.1) is 12.3 Å². The number of hydrogen-bond donors (Lipinski definition) is 3. The zero-order chi connectivity index (χ0) is 28.6. The lowest BCUT2D eigenvalue weighted by Crippen LogP contribution is -2.37. The third-order valence-electron chi connectivity index (χ3n) is 4.25. The molecule has 0 aromatic carbocycles. The van der Waals surface area contributed by atoms with Crippen LogP contribution in [0, 0.1) is 0 Å². The first-order valence-corrected chi connectivity index (χ1v) is 12.3. The first kappa shape index (κ1) is 34.2. The van der Waals surface area contributed by atoms with Gasteiger partial charge in [0, 0.05) is 40.7 Å². The summed E-state index contributed by atoms with van der Waals surface area (Å²) in [7, 11) is 0. The van der Waals surface area contributed by atoms with Crippen molar-refractivity contribution < 1.29 is 56.5 Å². The Bertz CT molecular complexity index is 835. The summed E-state index contributed by atoms with van der Waals surface area (Å²) in [5, 5.41) is 14.9. The Morgan fingerprint density at radius 3 is 2.05 bits per heavy atom. The van der Waals surface area contributed by atoms with E-state index in [1.54, 1.807) is 5.32 Å². The fraction of sp³-hybridized carbons (Fsp3) is 0.682. The van der Waals surface area contributed by atoms with Gasteiger partial charge in [0.1, 0.15) is 5.44 Å². The van der Waals surface area contributed by atoms with Crippen LogP contribution >= 0.6 is 11.8 Å². The van der Waals surface area contributed by atoms with E-state index in [-0.39, 0.29) is 31.0 Å². The third-order valence-corrected chi connectivity index (χ3v) is 5.33. The number of nitrogens with one attached hydrogen (secondary N) is 2. The van der Waals surface area contributed by atoms with E-state index in [1.165, 1.54) is 6.92 Å². The summed E-state index contributed by atoms with van der Waals surface area (Å²) in [6, 6.07) is 0. The van der Waals surface area contributed by atoms with Crippen molar-refractivity contribution in [3.63, 3.8) is 0 Å². The second kappa shape index (κ2) is 17.6. The number of alkyl halides is 3. The molecule has 0 aliphatic rings. The van der Waals surface area contributed by atoms with Crippen LogP contribution in [0.25, 0.3) is 0 Å². The molecule has 0 heterocycles. The molecule has 0 rings (SSSR count). The number of esters is 3. The van der Waals surface area contributed by atoms with Crippen molar-refractivity contribution in [3.05, 3.63) is 11.5 Å². The number of rotatable bonds is 16. The van der Waals surface area contributed by atoms with Crippen LogP contribution in [-0.2, 0) is 38.2 Å². The predicted molar refractivity (Wildman–Crippen MR) is 125 cm³/mol. The van der Waals surface area contributed by atoms with Gasteiger partial charge in [0.15, 0.2) is 11.9 Å². The SMILES string of the molecule is CC(=O)N/C(=C(\OC(C)=O)C(CCOC(C)=O)OC(C)=O)C(O)SCCCCCCNC(=O)C(F)(F)F. The molecule has 15 heteroatoms. The van der Waals surface area contributed by atoms with Gasteiger partial charge in [-0.05, 0) is 18.6 Å². The number of amides is 2. The molecule has 0 saturated heterocycles. The number of ether oxygens (including phenoxy) is 3. The molecule has 0 spiro atoms. The predicted octanol–water partition coefficient (Wildman–Crippen LogP) is 2.07. The zero-order valence-electron chi connectivity index (χ0n) is 21.1. The normalized spacial score (nSPS) is 13.5. The van der Waals surface area contributed by atoms with Crippen LogP contribution in [-0.4, -0.2) is 71.4 Å². The lowest BCUT2D eigenvalue weighted by molar-refractivity contribution is -0.173. The van der Waals surface area contributed by atoms with Crippen molar-refractivity contribution in [2.75, 3.05) is 18.9 Å². The number of aliphatic hydroxyl groups excluding tert-OH is 1. The quantitative estimate of drug-likeness (QED) is 0.0842. The Balaban J connectivity index is 5.28. The fourth-order valence-corrected chi connectivity index (χ4v) is 3.73. The molecular formula is C22H33F3N2O9S. The summed E-state index contributed by atoms with van der Waals surface area (Å²) in [6.45, 7) is 4.16. The highest BCUT2D eigenvalue weighted by atomic mass is 32.2. The van der Waals surface area contributed by atoms with Crippen LogP contribution in [0.15, 0.2) is 11.5 Å². The van der Waals surface area contributed by atoms with Gasteiger partial charge in [0.25, 0.3) is 0 Å². The Hall–Kier alpha value is -2.81. The topological polar surface area (TPSA) is 157 Å². The van der Waals surface area contributed by atoms with E-state index in [4.69, 9.17) is 14.2 Å². The minimum atomic E-state index is -4.92. The average molecular weight is 559 g/mol. The maximum Gasteiger partial charge on any atom is 0.471 e. The van der Waals surface area contributed by atoms with Crippen LogP contribution in [0.3, 0.4) is 0 Å². The number of unbranched alkanes of at least 4 members (excludes halogenated alkanes) is 3. The lowest BCUT2D eigenvalue weighted by atomic mass is 10.1. The van der Waals surface area contributed by atoms with E-state index >= 15 is 0 Å². The summed E-state index contributed by atoms with van der Waals surface area (Å²) >= 11 is 0.966. The van der Waals surface area contributed by atoms with Crippen molar-refractivity contribution in [2.45, 2.75) is 77.5 Å². The zero-order valence-corrected chi connectivity index (χ0v) is 21.9. The number of hydrogen-bond acceptors (Lipinski definition) is 10. The molecule has 2 unspecified atom stereocenters. The molecule has 11 nitrogen and oxygen atoms in total. The van der Waals surface area contributed by atoms with E-state index in [2.05, 4.69) is 5.32 Å². The monoisotopic (exact) mass is 558 g/mol. The van der Waals surface area contributed by atoms with E-state index in [1.807, 2.05) is 0 Å². The largest absolute Gasteiger partial charge is 0.471 e. The second-order valence-corrected chi connectivity index (χ2v) is 8.86. The van der Waals surface area contributed by atoms with Crippen LogP contribution in [0.5, 0.6) is 0 Å². The molecule has 0 saturated carbocycles. The number of carbonyl (C=O) groups excluding carboxylic acids is 5. The number of halogens is 3. The van der Waals surface area contributed by atoms with E-state index < -0.39 is 47.4 Å². The molecule has 212 valence electrons. The summed E-state index contributed by atoms with van der Waals surface area (Å²) in [4.78, 5) is 57.0. The van der Waals surface area contributed by atoms with Gasteiger partial charge >= 0.3 is 30.0 Å². The number of carbonyl (C=O) groups is 5. The molecule has 0 aliphatic carbocycles. The van der Waals surface area contributed by atoms with Gasteiger partial charge in [-0.25, -0.2) is 0 Å². The molecule has 0 bridgehead atoms. The van der Waals surface area contributed by atoms with Crippen LogP contribution < -0.4 is 10.6 Å². The Morgan fingerprint density at radius 1 is 0.919 bits per heavy atom. The van der Waals surface area contributed by atoms with Crippen molar-refractivity contribution in [2.24, 2.45) is 0 Å². The van der Waals surface area contributed by atoms with Gasteiger partial charge in [-0.2, -0.15) is 13.2 Å². The molecule has 0 aromatic heterocycles. The second-order valence-electron chi connectivity index (χ2n) is 7.67. The highest BCUT2D eigenvalue weighted by molar-refractivity contribution is 7.99. The first-order chi connectivity index (χ1) is 17.1. The summed E-state index contributed by atoms with van der Waals surface area (Å²) < 4.78 is 51.6. The van der Waals surface area contributed by atoms with Crippen molar-refractivity contribution in [1.82, 2.24) is 10.6 Å². The van der Waals surface area contributed by atoms with Crippen molar-refractivity contribution in [1.29, 1.82) is 0 Å². The lowest BCUT2D eigenvalue weighted by Gasteiger charge is -2.25. The maximum absolute atomic E-state index is 12.1. The summed E-state index contributed by atoms with van der Waals surface area (Å²) in [5.41, 5.74) is -1.65. The van der Waals surface area contributed by atoms with E-state index in [9.17, 15) is 42.3 Å². The Labute approximate surface area is 216 Å². The standard InChI is InChI=1S/C22H33F3N2O9S/c1-13(28)27-18(19(36-16(4)31)17(35-15(3)30)9-11-34-14(2)29)20(32)37-12-8-6-5-7-10-26-21(33)22(23,24)25/h17,20,32H,5-12H2,1-4H3,(H,26,33)(H,27,28)/b19-18-. The number of aliphatic hydroxyl groups is 1. The first-order valence-electron chi connectivity index (χ1n) is 11.3. The Kier molecular flexibility index (Phi) is 16.3. The highest BCUT2D eigenvalue weighted by Crippen LogP contribution is 2.25. The molecular weight excluding hydrogens is 525 g/mol. The van der Waals surface area contributed by atoms with Gasteiger partial charge in [-0.3, -0.25) is 24.0 Å². The van der Waals surface area contributed by atoms with Crippen LogP contribution in [0.1, 0.15) is 59.8 Å².